The zero-order valence-electron chi connectivity index (χ0n) is 7.02. The Hall–Kier alpha value is -0.324. The van der Waals surface area contributed by atoms with Crippen molar-refractivity contribution in [1.29, 1.82) is 0 Å². The normalized spacial score (nSPS) is 8.31. The van der Waals surface area contributed by atoms with Gasteiger partial charge < -0.3 is 17.0 Å². The molecule has 0 atom stereocenters. The summed E-state index contributed by atoms with van der Waals surface area (Å²) in [6, 6.07) is 12.7. The summed E-state index contributed by atoms with van der Waals surface area (Å²) >= 11 is 0. The van der Waals surface area contributed by atoms with Gasteiger partial charge in [0.05, 0.1) is 0 Å². The maximum absolute atomic E-state index is 4.07. The Morgan fingerprint density at radius 3 is 2.62 bits per heavy atom. The molecule has 1 heterocycles. The van der Waals surface area contributed by atoms with E-state index in [-0.39, 0.29) is 40.0 Å². The maximum Gasteiger partial charge on any atom is 2.00 e. The van der Waals surface area contributed by atoms with Gasteiger partial charge in [-0.3, -0.25) is 4.68 Å². The fourth-order valence-corrected chi connectivity index (χ4v) is 0.938. The van der Waals surface area contributed by atoms with Crippen molar-refractivity contribution in [2.24, 2.45) is 0 Å². The molecule has 0 aliphatic carbocycles. The van der Waals surface area contributed by atoms with E-state index in [0.29, 0.717) is 0 Å². The fourth-order valence-electron chi connectivity index (χ4n) is 0.938. The third-order valence-electron chi connectivity index (χ3n) is 1.44. The third-order valence-corrected chi connectivity index (χ3v) is 1.44. The molecule has 0 spiro atoms. The standard InChI is InChI=1S/C9H7N2.BrH.Mg/c1-2-5-9(6-3-1)11-8-4-7-10-11;;/h1-5,7-8H;1H;/q-1;;+2/p-1. The van der Waals surface area contributed by atoms with Crippen LogP contribution in [0.25, 0.3) is 5.69 Å². The molecule has 0 saturated heterocycles. The molecule has 0 radical (unpaired) electrons. The summed E-state index contributed by atoms with van der Waals surface area (Å²) in [7, 11) is 0. The van der Waals surface area contributed by atoms with E-state index in [1.807, 2.05) is 36.5 Å². The predicted octanol–water partition coefficient (Wildman–Crippen LogP) is -1.70. The molecule has 0 bridgehead atoms. The van der Waals surface area contributed by atoms with Gasteiger partial charge in [0.1, 0.15) is 0 Å². The summed E-state index contributed by atoms with van der Waals surface area (Å²) in [6.07, 6.45) is 3.65. The number of hydrogen-bond acceptors (Lipinski definition) is 1. The van der Waals surface area contributed by atoms with Crippen molar-refractivity contribution in [1.82, 2.24) is 9.78 Å². The van der Waals surface area contributed by atoms with Gasteiger partial charge in [-0.1, -0.05) is 0 Å². The van der Waals surface area contributed by atoms with Gasteiger partial charge in [-0.2, -0.15) is 29.4 Å². The van der Waals surface area contributed by atoms with Crippen molar-refractivity contribution >= 4 is 23.1 Å². The van der Waals surface area contributed by atoms with Crippen LogP contribution in [-0.4, -0.2) is 32.8 Å². The zero-order valence-corrected chi connectivity index (χ0v) is 10.0. The molecule has 62 valence electrons. The summed E-state index contributed by atoms with van der Waals surface area (Å²) in [4.78, 5) is 0. The van der Waals surface area contributed by atoms with E-state index in [4.69, 9.17) is 0 Å². The van der Waals surface area contributed by atoms with Gasteiger partial charge in [-0.25, -0.2) is 0 Å². The molecule has 1 aromatic carbocycles. The number of hydrogen-bond donors (Lipinski definition) is 0. The van der Waals surface area contributed by atoms with E-state index in [9.17, 15) is 0 Å². The second-order valence-electron chi connectivity index (χ2n) is 2.20. The number of benzene rings is 1. The van der Waals surface area contributed by atoms with Crippen LogP contribution >= 0.6 is 0 Å². The molecule has 0 fully saturated rings. The molecule has 2 aromatic rings. The molecule has 4 heteroatoms. The van der Waals surface area contributed by atoms with E-state index in [2.05, 4.69) is 11.2 Å². The molecular weight excluding hydrogens is 240 g/mol. The molecule has 2 nitrogen and oxygen atoms in total. The van der Waals surface area contributed by atoms with Gasteiger partial charge in [0, 0.05) is 12.4 Å². The number of halogens is 1. The molecule has 0 saturated carbocycles. The van der Waals surface area contributed by atoms with Crippen LogP contribution in [0, 0.1) is 6.07 Å². The maximum atomic E-state index is 4.07. The first-order valence-corrected chi connectivity index (χ1v) is 3.43. The quantitative estimate of drug-likeness (QED) is 0.434. The topological polar surface area (TPSA) is 17.8 Å². The van der Waals surface area contributed by atoms with Crippen LogP contribution in [0.15, 0.2) is 42.7 Å². The van der Waals surface area contributed by atoms with Crippen molar-refractivity contribution < 1.29 is 17.0 Å². The first-order chi connectivity index (χ1) is 5.47. The number of rotatable bonds is 1. The van der Waals surface area contributed by atoms with E-state index in [1.165, 1.54) is 0 Å². The Kier molecular flexibility index (Phi) is 6.02. The van der Waals surface area contributed by atoms with Gasteiger partial charge in [0.15, 0.2) is 0 Å². The SMILES string of the molecule is [Br-].[Mg+2].[c-]1ccccc1-n1cccn1. The van der Waals surface area contributed by atoms with E-state index < -0.39 is 0 Å². The Labute approximate surface area is 104 Å². The molecule has 0 aliphatic rings. The number of aromatic nitrogens is 2. The summed E-state index contributed by atoms with van der Waals surface area (Å²) in [5.74, 6) is 0. The molecule has 1 aromatic heterocycles. The second-order valence-corrected chi connectivity index (χ2v) is 2.20. The largest absolute Gasteiger partial charge is 2.00 e. The second kappa shape index (κ2) is 6.18. The van der Waals surface area contributed by atoms with Crippen LogP contribution in [0.1, 0.15) is 0 Å². The van der Waals surface area contributed by atoms with E-state index in [1.54, 1.807) is 10.9 Å². The minimum atomic E-state index is 0. The van der Waals surface area contributed by atoms with E-state index in [0.717, 1.165) is 5.69 Å². The Morgan fingerprint density at radius 2 is 2.08 bits per heavy atom. The summed E-state index contributed by atoms with van der Waals surface area (Å²) in [6.45, 7) is 0. The van der Waals surface area contributed by atoms with Crippen LogP contribution in [0.5, 0.6) is 0 Å². The zero-order chi connectivity index (χ0) is 7.52. The molecule has 0 aliphatic heterocycles. The number of nitrogens with zero attached hydrogens (tertiary/aromatic N) is 2. The van der Waals surface area contributed by atoms with Gasteiger partial charge >= 0.3 is 23.1 Å². The Morgan fingerprint density at radius 1 is 1.23 bits per heavy atom. The van der Waals surface area contributed by atoms with Gasteiger partial charge in [0.25, 0.3) is 0 Å². The molecule has 2 rings (SSSR count). The van der Waals surface area contributed by atoms with Crippen LogP contribution < -0.4 is 17.0 Å². The minimum Gasteiger partial charge on any atom is -1.00 e. The first kappa shape index (κ1) is 12.7. The summed E-state index contributed by atoms with van der Waals surface area (Å²) in [5, 5.41) is 4.07. The van der Waals surface area contributed by atoms with Crippen molar-refractivity contribution in [3.8, 4) is 5.69 Å². The fraction of sp³-hybridized carbons (Fsp3) is 0. The van der Waals surface area contributed by atoms with Gasteiger partial charge in [0.2, 0.25) is 0 Å². The summed E-state index contributed by atoms with van der Waals surface area (Å²) < 4.78 is 1.78. The van der Waals surface area contributed by atoms with Crippen LogP contribution in [0.3, 0.4) is 0 Å². The molecule has 0 N–H and O–H groups in total. The minimum absolute atomic E-state index is 0. The van der Waals surface area contributed by atoms with E-state index >= 15 is 0 Å². The average molecular weight is 247 g/mol. The van der Waals surface area contributed by atoms with Crippen molar-refractivity contribution in [2.45, 2.75) is 0 Å². The van der Waals surface area contributed by atoms with Crippen molar-refractivity contribution in [3.05, 3.63) is 48.8 Å². The van der Waals surface area contributed by atoms with Crippen LogP contribution in [0.2, 0.25) is 0 Å². The Balaban J connectivity index is 0.000000720. The van der Waals surface area contributed by atoms with Crippen molar-refractivity contribution in [3.63, 3.8) is 0 Å². The Bertz CT molecular complexity index is 321. The van der Waals surface area contributed by atoms with Crippen molar-refractivity contribution in [2.75, 3.05) is 0 Å². The molecule has 13 heavy (non-hydrogen) atoms. The monoisotopic (exact) mass is 246 g/mol. The smallest absolute Gasteiger partial charge is 1.00 e. The van der Waals surface area contributed by atoms with Crippen LogP contribution in [0.4, 0.5) is 0 Å². The van der Waals surface area contributed by atoms with Gasteiger partial charge in [-0.15, -0.1) is 6.07 Å². The summed E-state index contributed by atoms with van der Waals surface area (Å²) in [5.41, 5.74) is 0.970. The first-order valence-electron chi connectivity index (χ1n) is 3.43. The van der Waals surface area contributed by atoms with Gasteiger partial charge in [-0.05, 0) is 11.8 Å². The number of para-hydroxylation sites is 1. The molecular formula is C9H7BrMgN2. The average Bonchev–Trinajstić information content (AvgIpc) is 2.58. The predicted molar refractivity (Wildman–Crippen MR) is 48.2 cm³/mol. The third kappa shape index (κ3) is 3.13. The van der Waals surface area contributed by atoms with Crippen LogP contribution in [-0.2, 0) is 0 Å². The molecule has 0 amide bonds. The molecule has 0 unspecified atom stereocenters.